The van der Waals surface area contributed by atoms with Crippen LogP contribution < -0.4 is 9.47 Å². The van der Waals surface area contributed by atoms with E-state index in [2.05, 4.69) is 13.8 Å². The van der Waals surface area contributed by atoms with Gasteiger partial charge in [0.2, 0.25) is 6.79 Å². The van der Waals surface area contributed by atoms with Crippen LogP contribution in [0.15, 0.2) is 34.5 Å². The maximum atomic E-state index is 13.5. The van der Waals surface area contributed by atoms with Gasteiger partial charge in [-0.05, 0) is 62.1 Å². The second kappa shape index (κ2) is 8.05. The standard InChI is InChI=1S/C26H31NO5/c1-15-22(25(29)32-17-7-5-4-6-8-17)23(16-9-10-20-21(11-16)31-14-30-20)24-18(27-15)12-26(2,3)13-19(24)28/h9-11,17,23-24H,4-8,12-14H2,1-3H3. The van der Waals surface area contributed by atoms with Crippen LogP contribution in [0.4, 0.5) is 0 Å². The summed E-state index contributed by atoms with van der Waals surface area (Å²) in [6.45, 7) is 6.25. The molecule has 0 amide bonds. The second-order valence-electron chi connectivity index (χ2n) is 10.3. The number of ether oxygens (including phenoxy) is 3. The minimum atomic E-state index is -0.444. The summed E-state index contributed by atoms with van der Waals surface area (Å²) in [5.74, 6) is 0.266. The zero-order chi connectivity index (χ0) is 22.5. The Morgan fingerprint density at radius 2 is 1.81 bits per heavy atom. The maximum Gasteiger partial charge on any atom is 0.336 e. The van der Waals surface area contributed by atoms with E-state index in [1.165, 1.54) is 6.42 Å². The molecule has 4 aliphatic rings. The van der Waals surface area contributed by atoms with E-state index in [9.17, 15) is 9.59 Å². The van der Waals surface area contributed by atoms with Gasteiger partial charge in [-0.2, -0.15) is 0 Å². The summed E-state index contributed by atoms with van der Waals surface area (Å²) in [4.78, 5) is 31.7. The molecule has 2 aliphatic heterocycles. The van der Waals surface area contributed by atoms with E-state index in [0.29, 0.717) is 29.2 Å². The quantitative estimate of drug-likeness (QED) is 0.615. The molecule has 2 unspecified atom stereocenters. The number of allylic oxidation sites excluding steroid dienone is 1. The van der Waals surface area contributed by atoms with E-state index >= 15 is 0 Å². The number of rotatable bonds is 3. The number of nitrogens with zero attached hydrogens (tertiary/aromatic N) is 1. The van der Waals surface area contributed by atoms with Crippen LogP contribution in [0.5, 0.6) is 11.5 Å². The third-order valence-corrected chi connectivity index (χ3v) is 7.17. The van der Waals surface area contributed by atoms with Gasteiger partial charge in [0.05, 0.1) is 11.5 Å². The number of esters is 1. The molecule has 2 saturated carbocycles. The van der Waals surface area contributed by atoms with E-state index < -0.39 is 11.8 Å². The van der Waals surface area contributed by atoms with Crippen molar-refractivity contribution in [1.82, 2.24) is 0 Å². The number of hydrogen-bond donors (Lipinski definition) is 0. The Hall–Kier alpha value is -2.63. The smallest absolute Gasteiger partial charge is 0.336 e. The summed E-state index contributed by atoms with van der Waals surface area (Å²) >= 11 is 0. The van der Waals surface area contributed by atoms with Crippen LogP contribution >= 0.6 is 0 Å². The molecule has 0 radical (unpaired) electrons. The third kappa shape index (κ3) is 3.84. The van der Waals surface area contributed by atoms with Crippen LogP contribution in [0.25, 0.3) is 0 Å². The summed E-state index contributed by atoms with van der Waals surface area (Å²) in [5, 5.41) is 0. The summed E-state index contributed by atoms with van der Waals surface area (Å²) in [6.07, 6.45) is 6.32. The van der Waals surface area contributed by atoms with Gasteiger partial charge >= 0.3 is 5.97 Å². The van der Waals surface area contributed by atoms with Crippen LogP contribution in [0, 0.1) is 11.3 Å². The van der Waals surface area contributed by atoms with Crippen molar-refractivity contribution < 1.29 is 23.8 Å². The average molecular weight is 438 g/mol. The van der Waals surface area contributed by atoms with Crippen molar-refractivity contribution >= 4 is 17.5 Å². The average Bonchev–Trinajstić information content (AvgIpc) is 3.20. The maximum absolute atomic E-state index is 13.5. The summed E-state index contributed by atoms with van der Waals surface area (Å²) < 4.78 is 17.0. The van der Waals surface area contributed by atoms with Crippen molar-refractivity contribution in [2.75, 3.05) is 6.79 Å². The zero-order valence-corrected chi connectivity index (χ0v) is 19.1. The van der Waals surface area contributed by atoms with Gasteiger partial charge in [0.25, 0.3) is 0 Å². The van der Waals surface area contributed by atoms with Gasteiger partial charge in [0.15, 0.2) is 11.5 Å². The van der Waals surface area contributed by atoms with Gasteiger partial charge in [-0.15, -0.1) is 0 Å². The Balaban J connectivity index is 1.57. The lowest BCUT2D eigenvalue weighted by atomic mass is 9.63. The van der Waals surface area contributed by atoms with Gasteiger partial charge < -0.3 is 14.2 Å². The highest BCUT2D eigenvalue weighted by atomic mass is 16.7. The molecule has 32 heavy (non-hydrogen) atoms. The topological polar surface area (TPSA) is 74.2 Å². The van der Waals surface area contributed by atoms with Crippen molar-refractivity contribution in [2.24, 2.45) is 16.3 Å². The monoisotopic (exact) mass is 437 g/mol. The van der Waals surface area contributed by atoms with Crippen LogP contribution in [0.2, 0.25) is 0 Å². The largest absolute Gasteiger partial charge is 0.459 e. The molecule has 0 aromatic heterocycles. The minimum Gasteiger partial charge on any atom is -0.459 e. The molecule has 6 nitrogen and oxygen atoms in total. The summed E-state index contributed by atoms with van der Waals surface area (Å²) in [7, 11) is 0. The minimum absolute atomic E-state index is 0.0553. The lowest BCUT2D eigenvalue weighted by Crippen LogP contribution is -2.44. The molecule has 0 saturated heterocycles. The highest BCUT2D eigenvalue weighted by Crippen LogP contribution is 2.48. The predicted octanol–water partition coefficient (Wildman–Crippen LogP) is 5.11. The van der Waals surface area contributed by atoms with E-state index in [4.69, 9.17) is 19.2 Å². The first-order valence-electron chi connectivity index (χ1n) is 11.7. The highest BCUT2D eigenvalue weighted by Gasteiger charge is 2.48. The third-order valence-electron chi connectivity index (χ3n) is 7.17. The Kier molecular flexibility index (Phi) is 5.34. The SMILES string of the molecule is CC1=C(C(=O)OC2CCCCC2)C(c2ccc3c(c2)OCO3)C2C(=O)CC(C)(C)CC2=N1. The van der Waals surface area contributed by atoms with E-state index in [0.717, 1.165) is 43.4 Å². The molecular formula is C26H31NO5. The fraction of sp³-hybridized carbons (Fsp3) is 0.577. The van der Waals surface area contributed by atoms with Crippen LogP contribution in [-0.4, -0.2) is 30.4 Å². The number of aliphatic imine (C=N–C) groups is 1. The van der Waals surface area contributed by atoms with Crippen molar-refractivity contribution in [3.63, 3.8) is 0 Å². The molecule has 1 aromatic carbocycles. The van der Waals surface area contributed by atoms with E-state index in [1.807, 2.05) is 25.1 Å². The molecule has 0 N–H and O–H groups in total. The molecule has 0 spiro atoms. The molecule has 170 valence electrons. The van der Waals surface area contributed by atoms with Crippen molar-refractivity contribution in [1.29, 1.82) is 0 Å². The lowest BCUT2D eigenvalue weighted by Gasteiger charge is -2.41. The molecule has 1 aromatic rings. The van der Waals surface area contributed by atoms with Gasteiger partial charge in [-0.1, -0.05) is 26.3 Å². The zero-order valence-electron chi connectivity index (χ0n) is 19.1. The Morgan fingerprint density at radius 3 is 2.59 bits per heavy atom. The summed E-state index contributed by atoms with van der Waals surface area (Å²) in [6, 6.07) is 5.71. The number of Topliss-reactive ketones (excluding diaryl/α,β-unsaturated/α-hetero) is 1. The fourth-order valence-corrected chi connectivity index (χ4v) is 5.72. The molecule has 2 atom stereocenters. The molecular weight excluding hydrogens is 406 g/mol. The van der Waals surface area contributed by atoms with Crippen LogP contribution in [0.3, 0.4) is 0 Å². The molecule has 6 heteroatoms. The Labute approximate surface area is 189 Å². The van der Waals surface area contributed by atoms with Crippen LogP contribution in [0.1, 0.15) is 77.2 Å². The van der Waals surface area contributed by atoms with Crippen molar-refractivity contribution in [2.45, 2.75) is 77.7 Å². The Bertz CT molecular complexity index is 1020. The first-order chi connectivity index (χ1) is 15.3. The first-order valence-corrected chi connectivity index (χ1v) is 11.7. The van der Waals surface area contributed by atoms with Crippen molar-refractivity contribution in [3.8, 4) is 11.5 Å². The van der Waals surface area contributed by atoms with Crippen molar-refractivity contribution in [3.05, 3.63) is 35.0 Å². The number of fused-ring (bicyclic) bond motifs is 2. The Morgan fingerprint density at radius 1 is 1.06 bits per heavy atom. The second-order valence-corrected chi connectivity index (χ2v) is 10.3. The van der Waals surface area contributed by atoms with Gasteiger partial charge in [0.1, 0.15) is 11.9 Å². The first kappa shape index (κ1) is 21.2. The molecule has 2 fully saturated rings. The molecule has 0 bridgehead atoms. The van der Waals surface area contributed by atoms with Gasteiger partial charge in [0, 0.05) is 23.7 Å². The number of hydrogen-bond acceptors (Lipinski definition) is 6. The predicted molar refractivity (Wildman–Crippen MR) is 120 cm³/mol. The summed E-state index contributed by atoms with van der Waals surface area (Å²) in [5.41, 5.74) is 2.78. The van der Waals surface area contributed by atoms with E-state index in [-0.39, 0.29) is 30.1 Å². The van der Waals surface area contributed by atoms with E-state index in [1.54, 1.807) is 0 Å². The molecule has 2 aliphatic carbocycles. The lowest BCUT2D eigenvalue weighted by molar-refractivity contribution is -0.146. The van der Waals surface area contributed by atoms with Crippen LogP contribution in [-0.2, 0) is 14.3 Å². The fourth-order valence-electron chi connectivity index (χ4n) is 5.72. The number of carbonyl (C=O) groups is 2. The number of ketones is 1. The number of carbonyl (C=O) groups excluding carboxylic acids is 2. The highest BCUT2D eigenvalue weighted by molar-refractivity contribution is 6.12. The number of benzene rings is 1. The normalized spacial score (nSPS) is 27.1. The van der Waals surface area contributed by atoms with Gasteiger partial charge in [-0.3, -0.25) is 9.79 Å². The molecule has 5 rings (SSSR count). The van der Waals surface area contributed by atoms with Gasteiger partial charge in [-0.25, -0.2) is 4.79 Å². The molecule has 2 heterocycles.